The van der Waals surface area contributed by atoms with E-state index in [1.807, 2.05) is 19.1 Å². The van der Waals surface area contributed by atoms with Crippen LogP contribution in [0.25, 0.3) is 10.2 Å². The van der Waals surface area contributed by atoms with Gasteiger partial charge in [0.15, 0.2) is 5.13 Å². The average molecular weight is 392 g/mol. The SMILES string of the molecule is Cc1cc(Br)cc2sc(NC(=O)C(C)(C)Br)nc12. The second-order valence-electron chi connectivity index (χ2n) is 4.52. The monoisotopic (exact) mass is 390 g/mol. The third-order valence-corrected chi connectivity index (χ3v) is 4.15. The summed E-state index contributed by atoms with van der Waals surface area (Å²) < 4.78 is 1.49. The molecular formula is C12H12Br2N2OS. The maximum absolute atomic E-state index is 11.9. The molecule has 0 aliphatic heterocycles. The zero-order chi connectivity index (χ0) is 13.5. The van der Waals surface area contributed by atoms with E-state index < -0.39 is 4.32 Å². The molecule has 18 heavy (non-hydrogen) atoms. The normalized spacial score (nSPS) is 11.8. The smallest absolute Gasteiger partial charge is 0.242 e. The Morgan fingerprint density at radius 1 is 1.44 bits per heavy atom. The molecule has 1 N–H and O–H groups in total. The maximum Gasteiger partial charge on any atom is 0.242 e. The first-order chi connectivity index (χ1) is 8.27. The number of carbonyl (C=O) groups is 1. The van der Waals surface area contributed by atoms with Gasteiger partial charge in [-0.3, -0.25) is 4.79 Å². The van der Waals surface area contributed by atoms with Crippen molar-refractivity contribution in [3.8, 4) is 0 Å². The van der Waals surface area contributed by atoms with Crippen LogP contribution in [0.1, 0.15) is 19.4 Å². The molecule has 2 aromatic rings. The molecule has 2 rings (SSSR count). The molecule has 0 spiro atoms. The fraction of sp³-hybridized carbons (Fsp3) is 0.333. The topological polar surface area (TPSA) is 42.0 Å². The predicted molar refractivity (Wildman–Crippen MR) is 83.7 cm³/mol. The van der Waals surface area contributed by atoms with Crippen LogP contribution in [-0.2, 0) is 4.79 Å². The van der Waals surface area contributed by atoms with Gasteiger partial charge >= 0.3 is 0 Å². The van der Waals surface area contributed by atoms with Crippen LogP contribution in [0.5, 0.6) is 0 Å². The van der Waals surface area contributed by atoms with Crippen LogP contribution >= 0.6 is 43.2 Å². The number of alkyl halides is 1. The van der Waals surface area contributed by atoms with Crippen molar-refractivity contribution < 1.29 is 4.79 Å². The van der Waals surface area contributed by atoms with E-state index in [1.165, 1.54) is 11.3 Å². The number of thiazole rings is 1. The number of aromatic nitrogens is 1. The Balaban J connectivity index is 2.37. The van der Waals surface area contributed by atoms with Gasteiger partial charge in [0.25, 0.3) is 0 Å². The van der Waals surface area contributed by atoms with Gasteiger partial charge in [-0.15, -0.1) is 0 Å². The maximum atomic E-state index is 11.9. The van der Waals surface area contributed by atoms with Crippen molar-refractivity contribution in [3.63, 3.8) is 0 Å². The lowest BCUT2D eigenvalue weighted by Gasteiger charge is -2.13. The largest absolute Gasteiger partial charge is 0.301 e. The van der Waals surface area contributed by atoms with Crippen molar-refractivity contribution in [2.45, 2.75) is 25.1 Å². The van der Waals surface area contributed by atoms with Gasteiger partial charge in [0, 0.05) is 4.47 Å². The van der Waals surface area contributed by atoms with Gasteiger partial charge in [-0.2, -0.15) is 0 Å². The molecule has 1 aromatic carbocycles. The van der Waals surface area contributed by atoms with Gasteiger partial charge < -0.3 is 5.32 Å². The second kappa shape index (κ2) is 4.90. The van der Waals surface area contributed by atoms with Crippen LogP contribution in [0.2, 0.25) is 0 Å². The number of hydrogen-bond acceptors (Lipinski definition) is 3. The van der Waals surface area contributed by atoms with Gasteiger partial charge in [-0.1, -0.05) is 43.2 Å². The van der Waals surface area contributed by atoms with Gasteiger partial charge in [-0.25, -0.2) is 4.98 Å². The van der Waals surface area contributed by atoms with Crippen LogP contribution in [0, 0.1) is 6.92 Å². The van der Waals surface area contributed by atoms with E-state index in [-0.39, 0.29) is 5.91 Å². The number of nitrogens with one attached hydrogen (secondary N) is 1. The summed E-state index contributed by atoms with van der Waals surface area (Å²) in [5.41, 5.74) is 2.03. The van der Waals surface area contributed by atoms with Crippen LogP contribution in [0.3, 0.4) is 0 Å². The highest BCUT2D eigenvalue weighted by Gasteiger charge is 2.24. The van der Waals surface area contributed by atoms with E-state index in [2.05, 4.69) is 42.2 Å². The van der Waals surface area contributed by atoms with Crippen molar-refractivity contribution in [2.24, 2.45) is 0 Å². The molecule has 0 aliphatic rings. The molecule has 0 saturated heterocycles. The molecule has 0 saturated carbocycles. The third-order valence-electron chi connectivity index (χ3n) is 2.41. The van der Waals surface area contributed by atoms with E-state index in [4.69, 9.17) is 0 Å². The Labute approximate surface area is 126 Å². The first-order valence-electron chi connectivity index (χ1n) is 5.34. The highest BCUT2D eigenvalue weighted by Crippen LogP contribution is 2.31. The Morgan fingerprint density at radius 3 is 2.72 bits per heavy atom. The number of nitrogens with zero attached hydrogens (tertiary/aromatic N) is 1. The van der Waals surface area contributed by atoms with Crippen molar-refractivity contribution in [1.29, 1.82) is 0 Å². The Kier molecular flexibility index (Phi) is 3.80. The number of aryl methyl sites for hydroxylation is 1. The summed E-state index contributed by atoms with van der Waals surface area (Å²) in [4.78, 5) is 16.3. The number of rotatable bonds is 2. The van der Waals surface area contributed by atoms with Gasteiger partial charge in [0.2, 0.25) is 5.91 Å². The number of benzene rings is 1. The fourth-order valence-corrected chi connectivity index (χ4v) is 3.25. The molecule has 0 aliphatic carbocycles. The van der Waals surface area contributed by atoms with Crippen LogP contribution in [-0.4, -0.2) is 15.2 Å². The number of halogens is 2. The van der Waals surface area contributed by atoms with E-state index in [0.717, 1.165) is 20.3 Å². The standard InChI is InChI=1S/C12H12Br2N2OS/c1-6-4-7(13)5-8-9(6)15-11(18-8)16-10(17)12(2,3)14/h4-5H,1-3H3,(H,15,16,17). The molecule has 0 fully saturated rings. The van der Waals surface area contributed by atoms with Crippen molar-refractivity contribution >= 4 is 64.5 Å². The third kappa shape index (κ3) is 2.92. The van der Waals surface area contributed by atoms with Gasteiger partial charge in [0.05, 0.1) is 14.5 Å². The lowest BCUT2D eigenvalue weighted by atomic mass is 10.2. The van der Waals surface area contributed by atoms with E-state index in [9.17, 15) is 4.79 Å². The zero-order valence-electron chi connectivity index (χ0n) is 10.2. The van der Waals surface area contributed by atoms with Crippen molar-refractivity contribution in [3.05, 3.63) is 22.2 Å². The van der Waals surface area contributed by atoms with Crippen LogP contribution in [0.15, 0.2) is 16.6 Å². The van der Waals surface area contributed by atoms with E-state index in [0.29, 0.717) is 5.13 Å². The Morgan fingerprint density at radius 2 is 2.11 bits per heavy atom. The van der Waals surface area contributed by atoms with E-state index in [1.54, 1.807) is 13.8 Å². The number of fused-ring (bicyclic) bond motifs is 1. The second-order valence-corrected chi connectivity index (χ2v) is 8.44. The van der Waals surface area contributed by atoms with Crippen LogP contribution < -0.4 is 5.32 Å². The summed E-state index contributed by atoms with van der Waals surface area (Å²) in [6.07, 6.45) is 0. The summed E-state index contributed by atoms with van der Waals surface area (Å²) in [5.74, 6) is -0.0988. The highest BCUT2D eigenvalue weighted by molar-refractivity contribution is 9.10. The first kappa shape index (κ1) is 14.0. The molecule has 0 bridgehead atoms. The lowest BCUT2D eigenvalue weighted by molar-refractivity contribution is -0.117. The van der Waals surface area contributed by atoms with Gasteiger partial charge in [-0.05, 0) is 38.5 Å². The first-order valence-corrected chi connectivity index (χ1v) is 7.74. The molecule has 96 valence electrons. The predicted octanol–water partition coefficient (Wildman–Crippen LogP) is 4.48. The molecule has 6 heteroatoms. The molecule has 1 aromatic heterocycles. The van der Waals surface area contributed by atoms with Crippen LogP contribution in [0.4, 0.5) is 5.13 Å². The number of hydrogen-bond donors (Lipinski definition) is 1. The summed E-state index contributed by atoms with van der Waals surface area (Å²) in [6.45, 7) is 5.61. The molecule has 1 heterocycles. The quantitative estimate of drug-likeness (QED) is 0.766. The molecule has 0 radical (unpaired) electrons. The summed E-state index contributed by atoms with van der Waals surface area (Å²) in [5, 5.41) is 3.45. The minimum Gasteiger partial charge on any atom is -0.301 e. The Hall–Kier alpha value is -0.460. The summed E-state index contributed by atoms with van der Waals surface area (Å²) >= 11 is 8.26. The van der Waals surface area contributed by atoms with E-state index >= 15 is 0 Å². The number of amides is 1. The lowest BCUT2D eigenvalue weighted by Crippen LogP contribution is -2.30. The van der Waals surface area contributed by atoms with Crippen molar-refractivity contribution in [1.82, 2.24) is 4.98 Å². The minimum atomic E-state index is -0.597. The summed E-state index contributed by atoms with van der Waals surface area (Å²) in [7, 11) is 0. The molecule has 0 unspecified atom stereocenters. The van der Waals surface area contributed by atoms with Crippen molar-refractivity contribution in [2.75, 3.05) is 5.32 Å². The minimum absolute atomic E-state index is 0.0988. The number of carbonyl (C=O) groups excluding carboxylic acids is 1. The highest BCUT2D eigenvalue weighted by atomic mass is 79.9. The molecule has 3 nitrogen and oxygen atoms in total. The van der Waals surface area contributed by atoms with Gasteiger partial charge in [0.1, 0.15) is 0 Å². The Bertz CT molecular complexity index is 616. The molecular weight excluding hydrogens is 380 g/mol. The zero-order valence-corrected chi connectivity index (χ0v) is 14.2. The molecule has 1 amide bonds. The number of anilines is 1. The fourth-order valence-electron chi connectivity index (χ4n) is 1.45. The average Bonchev–Trinajstić information content (AvgIpc) is 2.58. The summed E-state index contributed by atoms with van der Waals surface area (Å²) in [6, 6.07) is 4.02. The molecule has 0 atom stereocenters.